The van der Waals surface area contributed by atoms with Crippen LogP contribution in [0.1, 0.15) is 29.0 Å². The highest BCUT2D eigenvalue weighted by Crippen LogP contribution is 2.41. The van der Waals surface area contributed by atoms with Crippen molar-refractivity contribution in [2.24, 2.45) is 0 Å². The van der Waals surface area contributed by atoms with Crippen molar-refractivity contribution < 1.29 is 9.90 Å². The molecule has 3 N–H and O–H groups in total. The number of carbonyl (C=O) groups excluding carboxylic acids is 1. The van der Waals surface area contributed by atoms with Crippen molar-refractivity contribution in [1.82, 2.24) is 10.6 Å². The standard InChI is InChI=1S/C23H22N2O2/c26-22-7-3-6-16-11-18(12-20(16)22)24-23(27)25-21-13-19(21)17-9-8-14-4-1-2-5-15(14)10-17/h1-10,18-19,21,26H,11-13H2,(H2,24,25,27)/t18?,19-,21+/m0/s1. The Bertz CT molecular complexity index is 1030. The number of rotatable bonds is 3. The van der Waals surface area contributed by atoms with Crippen LogP contribution in [0.2, 0.25) is 0 Å². The fourth-order valence-electron chi connectivity index (χ4n) is 4.29. The Morgan fingerprint density at radius 3 is 2.63 bits per heavy atom. The fourth-order valence-corrected chi connectivity index (χ4v) is 4.29. The van der Waals surface area contributed by atoms with Gasteiger partial charge in [0, 0.05) is 18.0 Å². The normalized spacial score (nSPS) is 23.0. The maximum Gasteiger partial charge on any atom is 0.315 e. The molecule has 3 aromatic rings. The molecule has 0 saturated heterocycles. The molecule has 5 rings (SSSR count). The van der Waals surface area contributed by atoms with E-state index in [1.807, 2.05) is 12.1 Å². The molecule has 1 fully saturated rings. The Morgan fingerprint density at radius 1 is 0.926 bits per heavy atom. The predicted molar refractivity (Wildman–Crippen MR) is 106 cm³/mol. The largest absolute Gasteiger partial charge is 0.508 e. The number of amides is 2. The first kappa shape index (κ1) is 16.2. The van der Waals surface area contributed by atoms with Crippen LogP contribution in [0.5, 0.6) is 5.75 Å². The molecule has 1 unspecified atom stereocenters. The first-order valence-electron chi connectivity index (χ1n) is 9.53. The topological polar surface area (TPSA) is 61.4 Å². The van der Waals surface area contributed by atoms with Gasteiger partial charge in [0.25, 0.3) is 0 Å². The Labute approximate surface area is 158 Å². The minimum absolute atomic E-state index is 0.0474. The average Bonchev–Trinajstić information content (AvgIpc) is 3.30. The summed E-state index contributed by atoms with van der Waals surface area (Å²) in [6.45, 7) is 0. The summed E-state index contributed by atoms with van der Waals surface area (Å²) in [6, 6.07) is 20.6. The summed E-state index contributed by atoms with van der Waals surface area (Å²) in [5.74, 6) is 0.723. The van der Waals surface area contributed by atoms with E-state index < -0.39 is 0 Å². The van der Waals surface area contributed by atoms with Gasteiger partial charge < -0.3 is 15.7 Å². The van der Waals surface area contributed by atoms with E-state index >= 15 is 0 Å². The summed E-state index contributed by atoms with van der Waals surface area (Å²) < 4.78 is 0. The van der Waals surface area contributed by atoms with Crippen molar-refractivity contribution in [1.29, 1.82) is 0 Å². The van der Waals surface area contributed by atoms with Crippen LogP contribution < -0.4 is 10.6 Å². The van der Waals surface area contributed by atoms with Crippen LogP contribution in [-0.4, -0.2) is 23.2 Å². The van der Waals surface area contributed by atoms with E-state index in [4.69, 9.17) is 0 Å². The van der Waals surface area contributed by atoms with Gasteiger partial charge in [-0.05, 0) is 52.8 Å². The summed E-state index contributed by atoms with van der Waals surface area (Å²) in [7, 11) is 0. The summed E-state index contributed by atoms with van der Waals surface area (Å²) in [5, 5.41) is 18.6. The van der Waals surface area contributed by atoms with E-state index in [0.717, 1.165) is 24.0 Å². The highest BCUT2D eigenvalue weighted by molar-refractivity contribution is 5.83. The lowest BCUT2D eigenvalue weighted by molar-refractivity contribution is 0.236. The number of fused-ring (bicyclic) bond motifs is 2. The number of benzene rings is 3. The van der Waals surface area contributed by atoms with Gasteiger partial charge in [0.1, 0.15) is 5.75 Å². The quantitative estimate of drug-likeness (QED) is 0.666. The van der Waals surface area contributed by atoms with Crippen molar-refractivity contribution in [3.05, 3.63) is 77.4 Å². The molecule has 0 heterocycles. The van der Waals surface area contributed by atoms with Gasteiger partial charge in [0.05, 0.1) is 0 Å². The highest BCUT2D eigenvalue weighted by atomic mass is 16.3. The van der Waals surface area contributed by atoms with Gasteiger partial charge >= 0.3 is 6.03 Å². The number of hydrogen-bond acceptors (Lipinski definition) is 2. The number of phenolic OH excluding ortho intramolecular Hbond substituents is 1. The molecule has 136 valence electrons. The van der Waals surface area contributed by atoms with E-state index in [-0.39, 0.29) is 18.1 Å². The second kappa shape index (κ2) is 6.31. The number of carbonyl (C=O) groups is 1. The Hall–Kier alpha value is -3.01. The maximum absolute atomic E-state index is 12.4. The van der Waals surface area contributed by atoms with Gasteiger partial charge in [0.2, 0.25) is 0 Å². The molecule has 0 radical (unpaired) electrons. The average molecular weight is 358 g/mol. The van der Waals surface area contributed by atoms with Crippen LogP contribution >= 0.6 is 0 Å². The summed E-state index contributed by atoms with van der Waals surface area (Å²) >= 11 is 0. The molecule has 0 spiro atoms. The third kappa shape index (κ3) is 3.12. The number of hydrogen-bond donors (Lipinski definition) is 3. The van der Waals surface area contributed by atoms with Gasteiger partial charge in [-0.3, -0.25) is 0 Å². The van der Waals surface area contributed by atoms with Gasteiger partial charge in [-0.2, -0.15) is 0 Å². The van der Waals surface area contributed by atoms with Crippen molar-refractivity contribution >= 4 is 16.8 Å². The summed E-state index contributed by atoms with van der Waals surface area (Å²) in [4.78, 5) is 12.4. The van der Waals surface area contributed by atoms with Crippen LogP contribution in [-0.2, 0) is 12.8 Å². The van der Waals surface area contributed by atoms with Crippen LogP contribution in [0.15, 0.2) is 60.7 Å². The molecular formula is C23H22N2O2. The van der Waals surface area contributed by atoms with Crippen LogP contribution in [0, 0.1) is 0 Å². The fraction of sp³-hybridized carbons (Fsp3) is 0.261. The van der Waals surface area contributed by atoms with Crippen molar-refractivity contribution in [3.8, 4) is 5.75 Å². The van der Waals surface area contributed by atoms with Gasteiger partial charge in [-0.15, -0.1) is 0 Å². The smallest absolute Gasteiger partial charge is 0.315 e. The molecule has 27 heavy (non-hydrogen) atoms. The molecule has 3 aromatic carbocycles. The van der Waals surface area contributed by atoms with Crippen molar-refractivity contribution in [2.75, 3.05) is 0 Å². The van der Waals surface area contributed by atoms with E-state index in [1.165, 1.54) is 16.3 Å². The molecular weight excluding hydrogens is 336 g/mol. The van der Waals surface area contributed by atoms with Crippen molar-refractivity contribution in [2.45, 2.75) is 37.3 Å². The second-order valence-electron chi connectivity index (χ2n) is 7.69. The first-order valence-corrected chi connectivity index (χ1v) is 9.53. The van der Waals surface area contributed by atoms with E-state index in [9.17, 15) is 9.90 Å². The molecule has 2 amide bonds. The molecule has 3 atom stereocenters. The van der Waals surface area contributed by atoms with Crippen LogP contribution in [0.4, 0.5) is 4.79 Å². The zero-order valence-electron chi connectivity index (χ0n) is 15.0. The van der Waals surface area contributed by atoms with Gasteiger partial charge in [0.15, 0.2) is 0 Å². The lowest BCUT2D eigenvalue weighted by Gasteiger charge is -2.13. The number of urea groups is 1. The molecule has 1 saturated carbocycles. The molecule has 0 bridgehead atoms. The third-order valence-corrected chi connectivity index (χ3v) is 5.81. The molecule has 2 aliphatic carbocycles. The lowest BCUT2D eigenvalue weighted by Crippen LogP contribution is -2.43. The SMILES string of the molecule is O=C(NC1Cc2cccc(O)c2C1)N[C@@H]1C[C@H]1c1ccc2ccccc2c1. The van der Waals surface area contributed by atoms with E-state index in [1.54, 1.807) is 6.07 Å². The minimum atomic E-state index is -0.111. The molecule has 4 heteroatoms. The highest BCUT2D eigenvalue weighted by Gasteiger charge is 2.40. The Morgan fingerprint density at radius 2 is 1.78 bits per heavy atom. The molecule has 0 aliphatic heterocycles. The third-order valence-electron chi connectivity index (χ3n) is 5.81. The predicted octanol–water partition coefficient (Wildman–Crippen LogP) is 3.87. The molecule has 2 aliphatic rings. The Kier molecular flexibility index (Phi) is 3.78. The molecule has 4 nitrogen and oxygen atoms in total. The second-order valence-corrected chi connectivity index (χ2v) is 7.69. The zero-order valence-corrected chi connectivity index (χ0v) is 15.0. The van der Waals surface area contributed by atoms with E-state index in [0.29, 0.717) is 18.1 Å². The zero-order chi connectivity index (χ0) is 18.4. The van der Waals surface area contributed by atoms with Crippen LogP contribution in [0.3, 0.4) is 0 Å². The monoisotopic (exact) mass is 358 g/mol. The first-order chi connectivity index (χ1) is 13.2. The summed E-state index contributed by atoms with van der Waals surface area (Å²) in [5.41, 5.74) is 3.38. The maximum atomic E-state index is 12.4. The summed E-state index contributed by atoms with van der Waals surface area (Å²) in [6.07, 6.45) is 2.45. The van der Waals surface area contributed by atoms with Gasteiger partial charge in [-0.25, -0.2) is 4.79 Å². The van der Waals surface area contributed by atoms with E-state index in [2.05, 4.69) is 53.1 Å². The van der Waals surface area contributed by atoms with Gasteiger partial charge in [-0.1, -0.05) is 54.6 Å². The molecule has 0 aromatic heterocycles. The Balaban J connectivity index is 1.19. The number of aromatic hydroxyl groups is 1. The van der Waals surface area contributed by atoms with Crippen molar-refractivity contribution in [3.63, 3.8) is 0 Å². The van der Waals surface area contributed by atoms with Crippen LogP contribution in [0.25, 0.3) is 10.8 Å². The minimum Gasteiger partial charge on any atom is -0.508 e. The number of phenols is 1. The lowest BCUT2D eigenvalue weighted by atomic mass is 10.0. The number of nitrogens with one attached hydrogen (secondary N) is 2.